The number of carboxylic acids is 1. The van der Waals surface area contributed by atoms with E-state index < -0.39 is 17.7 Å². The van der Waals surface area contributed by atoms with Crippen LogP contribution in [0.4, 0.5) is 4.79 Å². The van der Waals surface area contributed by atoms with Crippen molar-refractivity contribution in [2.24, 2.45) is 0 Å². The first-order valence-electron chi connectivity index (χ1n) is 4.15. The van der Waals surface area contributed by atoms with Gasteiger partial charge in [-0.3, -0.25) is 0 Å². The largest absolute Gasteiger partial charge is 0.480 e. The number of aliphatic carboxylic acids is 1. The molecule has 1 aliphatic heterocycles. The Hall–Kier alpha value is -1.30. The molecule has 0 radical (unpaired) electrons. The van der Waals surface area contributed by atoms with Crippen molar-refractivity contribution in [3.05, 3.63) is 0 Å². The quantitative estimate of drug-likeness (QED) is 0.694. The monoisotopic (exact) mass is 203 g/mol. The predicted molar refractivity (Wildman–Crippen MR) is 46.0 cm³/mol. The van der Waals surface area contributed by atoms with E-state index in [4.69, 9.17) is 9.84 Å². The van der Waals surface area contributed by atoms with E-state index in [1.807, 2.05) is 0 Å². The lowest BCUT2D eigenvalue weighted by Gasteiger charge is -2.46. The van der Waals surface area contributed by atoms with Crippen LogP contribution in [0.25, 0.3) is 0 Å². The number of amides is 1. The molecule has 6 heteroatoms. The second-order valence-electron chi connectivity index (χ2n) is 3.46. The second-order valence-corrected chi connectivity index (χ2v) is 3.46. The number of carboxylic acid groups (broad SMARTS) is 1. The maximum Gasteiger partial charge on any atom is 0.409 e. The van der Waals surface area contributed by atoms with Gasteiger partial charge in [-0.2, -0.15) is 0 Å². The minimum atomic E-state index is -1.01. The van der Waals surface area contributed by atoms with Gasteiger partial charge in [0.1, 0.15) is 12.2 Å². The molecule has 0 atom stereocenters. The smallest absolute Gasteiger partial charge is 0.409 e. The Morgan fingerprint density at radius 3 is 2.50 bits per heavy atom. The number of nitrogens with zero attached hydrogens (tertiary/aromatic N) is 1. The summed E-state index contributed by atoms with van der Waals surface area (Å²) in [5.41, 5.74) is -0.549. The van der Waals surface area contributed by atoms with Crippen LogP contribution in [0, 0.1) is 0 Å². The standard InChI is InChI=1S/C8H13NO5/c1-8(14-3-6(10)11)4-9(5-8)7(12)13-2/h3-5H2,1-2H3,(H,10,11). The fourth-order valence-corrected chi connectivity index (χ4v) is 1.35. The van der Waals surface area contributed by atoms with Gasteiger partial charge in [0.2, 0.25) is 0 Å². The Morgan fingerprint density at radius 2 is 2.07 bits per heavy atom. The van der Waals surface area contributed by atoms with Crippen LogP contribution < -0.4 is 0 Å². The van der Waals surface area contributed by atoms with Gasteiger partial charge in [-0.1, -0.05) is 0 Å². The molecule has 1 heterocycles. The van der Waals surface area contributed by atoms with Crippen molar-refractivity contribution < 1.29 is 24.2 Å². The molecule has 0 aliphatic carbocycles. The molecule has 1 aliphatic rings. The summed E-state index contributed by atoms with van der Waals surface area (Å²) in [5.74, 6) is -1.01. The highest BCUT2D eigenvalue weighted by Gasteiger charge is 2.43. The molecule has 0 unspecified atom stereocenters. The number of carbonyl (C=O) groups is 2. The van der Waals surface area contributed by atoms with Crippen LogP contribution in [0.5, 0.6) is 0 Å². The molecular formula is C8H13NO5. The molecule has 80 valence electrons. The van der Waals surface area contributed by atoms with Crippen LogP contribution in [0.15, 0.2) is 0 Å². The number of rotatable bonds is 3. The van der Waals surface area contributed by atoms with Crippen LogP contribution in [0.3, 0.4) is 0 Å². The highest BCUT2D eigenvalue weighted by atomic mass is 16.6. The fourth-order valence-electron chi connectivity index (χ4n) is 1.35. The zero-order valence-electron chi connectivity index (χ0n) is 8.15. The average Bonchev–Trinajstić information content (AvgIpc) is 2.09. The number of carbonyl (C=O) groups excluding carboxylic acids is 1. The Balaban J connectivity index is 2.30. The lowest BCUT2D eigenvalue weighted by molar-refractivity contribution is -0.161. The number of methoxy groups -OCH3 is 1. The van der Waals surface area contributed by atoms with Crippen LogP contribution in [-0.2, 0) is 14.3 Å². The number of likely N-dealkylation sites (tertiary alicyclic amines) is 1. The molecular weight excluding hydrogens is 190 g/mol. The lowest BCUT2D eigenvalue weighted by Crippen LogP contribution is -2.63. The van der Waals surface area contributed by atoms with Crippen molar-refractivity contribution in [2.75, 3.05) is 26.8 Å². The summed E-state index contributed by atoms with van der Waals surface area (Å²) in [4.78, 5) is 22.6. The predicted octanol–water partition coefficient (Wildman–Crippen LogP) is -0.0717. The molecule has 1 saturated heterocycles. The molecule has 0 aromatic heterocycles. The molecule has 1 rings (SSSR count). The van der Waals surface area contributed by atoms with Gasteiger partial charge in [-0.15, -0.1) is 0 Å². The van der Waals surface area contributed by atoms with E-state index in [-0.39, 0.29) is 6.61 Å². The molecule has 1 amide bonds. The summed E-state index contributed by atoms with van der Waals surface area (Å²) in [7, 11) is 1.30. The van der Waals surface area contributed by atoms with Crippen molar-refractivity contribution in [3.8, 4) is 0 Å². The van der Waals surface area contributed by atoms with E-state index >= 15 is 0 Å². The first kappa shape index (κ1) is 10.8. The molecule has 1 N–H and O–H groups in total. The summed E-state index contributed by atoms with van der Waals surface area (Å²) >= 11 is 0. The topological polar surface area (TPSA) is 76.1 Å². The molecule has 0 aromatic carbocycles. The van der Waals surface area contributed by atoms with Crippen molar-refractivity contribution in [1.29, 1.82) is 0 Å². The van der Waals surface area contributed by atoms with E-state index in [1.54, 1.807) is 6.92 Å². The third-order valence-corrected chi connectivity index (χ3v) is 2.03. The van der Waals surface area contributed by atoms with Crippen molar-refractivity contribution >= 4 is 12.1 Å². The van der Waals surface area contributed by atoms with E-state index in [1.165, 1.54) is 12.0 Å². The molecule has 1 fully saturated rings. The Labute approximate surface area is 81.4 Å². The summed E-state index contributed by atoms with van der Waals surface area (Å²) in [6.07, 6.45) is -0.415. The van der Waals surface area contributed by atoms with Gasteiger partial charge in [0.15, 0.2) is 0 Å². The van der Waals surface area contributed by atoms with Crippen molar-refractivity contribution in [3.63, 3.8) is 0 Å². The molecule has 0 bridgehead atoms. The van der Waals surface area contributed by atoms with Crippen molar-refractivity contribution in [2.45, 2.75) is 12.5 Å². The van der Waals surface area contributed by atoms with Crippen LogP contribution in [0.2, 0.25) is 0 Å². The molecule has 0 spiro atoms. The van der Waals surface area contributed by atoms with Crippen molar-refractivity contribution in [1.82, 2.24) is 4.90 Å². The number of ether oxygens (including phenoxy) is 2. The fraction of sp³-hybridized carbons (Fsp3) is 0.750. The van der Waals surface area contributed by atoms with Gasteiger partial charge in [0.25, 0.3) is 0 Å². The zero-order valence-corrected chi connectivity index (χ0v) is 8.15. The summed E-state index contributed by atoms with van der Waals surface area (Å²) < 4.78 is 9.59. The van der Waals surface area contributed by atoms with E-state index in [0.29, 0.717) is 13.1 Å². The third kappa shape index (κ3) is 2.35. The molecule has 14 heavy (non-hydrogen) atoms. The SMILES string of the molecule is COC(=O)N1CC(C)(OCC(=O)O)C1. The molecule has 0 saturated carbocycles. The maximum atomic E-state index is 11.0. The Bertz CT molecular complexity index is 246. The van der Waals surface area contributed by atoms with Gasteiger partial charge >= 0.3 is 12.1 Å². The summed E-state index contributed by atoms with van der Waals surface area (Å²) in [5, 5.41) is 8.39. The van der Waals surface area contributed by atoms with Gasteiger partial charge in [-0.05, 0) is 6.92 Å². The minimum Gasteiger partial charge on any atom is -0.480 e. The maximum absolute atomic E-state index is 11.0. The summed E-state index contributed by atoms with van der Waals surface area (Å²) in [6, 6.07) is 0. The minimum absolute atomic E-state index is 0.342. The highest BCUT2D eigenvalue weighted by molar-refractivity contribution is 5.69. The number of hydrogen-bond acceptors (Lipinski definition) is 4. The van der Waals surface area contributed by atoms with Gasteiger partial charge in [0.05, 0.1) is 20.2 Å². The Kier molecular flexibility index (Phi) is 2.95. The lowest BCUT2D eigenvalue weighted by atomic mass is 9.97. The van der Waals surface area contributed by atoms with Gasteiger partial charge < -0.3 is 19.5 Å². The number of hydrogen-bond donors (Lipinski definition) is 1. The third-order valence-electron chi connectivity index (χ3n) is 2.03. The normalized spacial score (nSPS) is 18.6. The van der Waals surface area contributed by atoms with E-state index in [9.17, 15) is 9.59 Å². The first-order chi connectivity index (χ1) is 6.47. The first-order valence-corrected chi connectivity index (χ1v) is 4.15. The van der Waals surface area contributed by atoms with E-state index in [0.717, 1.165) is 0 Å². The van der Waals surface area contributed by atoms with Crippen LogP contribution in [-0.4, -0.2) is 54.5 Å². The average molecular weight is 203 g/mol. The van der Waals surface area contributed by atoms with Crippen LogP contribution >= 0.6 is 0 Å². The molecule has 6 nitrogen and oxygen atoms in total. The van der Waals surface area contributed by atoms with Gasteiger partial charge in [-0.25, -0.2) is 9.59 Å². The molecule has 0 aromatic rings. The van der Waals surface area contributed by atoms with E-state index in [2.05, 4.69) is 4.74 Å². The second kappa shape index (κ2) is 3.83. The Morgan fingerprint density at radius 1 is 1.50 bits per heavy atom. The summed E-state index contributed by atoms with van der Waals surface area (Å²) in [6.45, 7) is 2.15. The van der Waals surface area contributed by atoms with Crippen LogP contribution in [0.1, 0.15) is 6.92 Å². The highest BCUT2D eigenvalue weighted by Crippen LogP contribution is 2.24. The zero-order chi connectivity index (χ0) is 10.8. The van der Waals surface area contributed by atoms with Gasteiger partial charge in [0, 0.05) is 0 Å².